The number of hydrogen-bond donors (Lipinski definition) is 3. The second kappa shape index (κ2) is 5.06. The van der Waals surface area contributed by atoms with Crippen LogP contribution in [0.1, 0.15) is 0 Å². The van der Waals surface area contributed by atoms with Gasteiger partial charge in [0.15, 0.2) is 0 Å². The summed E-state index contributed by atoms with van der Waals surface area (Å²) in [5, 5.41) is 8.57. The first-order chi connectivity index (χ1) is 9.56. The van der Waals surface area contributed by atoms with Crippen molar-refractivity contribution in [3.8, 4) is 0 Å². The van der Waals surface area contributed by atoms with Crippen LogP contribution in [0.25, 0.3) is 0 Å². The first-order valence-electron chi connectivity index (χ1n) is 6.31. The van der Waals surface area contributed by atoms with Gasteiger partial charge >= 0.3 is 0 Å². The SMILES string of the molecule is CN(C)C1NC(=O)C2=CN(c3ccccc3Cl)NC2N1. The monoisotopic (exact) mass is 293 g/mol. The van der Waals surface area contributed by atoms with Crippen LogP contribution in [-0.2, 0) is 4.79 Å². The van der Waals surface area contributed by atoms with Gasteiger partial charge in [-0.1, -0.05) is 23.7 Å². The third kappa shape index (κ3) is 2.27. The number of para-hydroxylation sites is 1. The Morgan fingerprint density at radius 2 is 2.05 bits per heavy atom. The largest absolute Gasteiger partial charge is 0.324 e. The lowest BCUT2D eigenvalue weighted by Crippen LogP contribution is -2.65. The number of halogens is 1. The molecule has 3 N–H and O–H groups in total. The van der Waals surface area contributed by atoms with Crippen LogP contribution in [0.2, 0.25) is 5.02 Å². The number of hydrazine groups is 1. The number of carbonyl (C=O) groups excluding carboxylic acids is 1. The van der Waals surface area contributed by atoms with Gasteiger partial charge in [0.05, 0.1) is 16.3 Å². The van der Waals surface area contributed by atoms with E-state index in [9.17, 15) is 4.79 Å². The molecule has 2 atom stereocenters. The molecule has 2 aliphatic rings. The Kier molecular flexibility index (Phi) is 3.39. The number of carbonyl (C=O) groups is 1. The van der Waals surface area contributed by atoms with Crippen LogP contribution in [0.3, 0.4) is 0 Å². The lowest BCUT2D eigenvalue weighted by molar-refractivity contribution is -0.121. The first-order valence-corrected chi connectivity index (χ1v) is 6.69. The lowest BCUT2D eigenvalue weighted by atomic mass is 10.2. The molecule has 3 rings (SSSR count). The molecule has 0 aliphatic carbocycles. The molecule has 7 heteroatoms. The molecule has 2 heterocycles. The Morgan fingerprint density at radius 1 is 1.30 bits per heavy atom. The molecule has 1 fully saturated rings. The zero-order valence-corrected chi connectivity index (χ0v) is 12.0. The van der Waals surface area contributed by atoms with Gasteiger partial charge in [0, 0.05) is 6.20 Å². The van der Waals surface area contributed by atoms with E-state index in [2.05, 4.69) is 16.1 Å². The molecule has 0 aromatic heterocycles. The maximum atomic E-state index is 12.1. The number of fused-ring (bicyclic) bond motifs is 1. The maximum Gasteiger partial charge on any atom is 0.254 e. The van der Waals surface area contributed by atoms with E-state index in [4.69, 9.17) is 11.6 Å². The molecule has 2 aliphatic heterocycles. The van der Waals surface area contributed by atoms with Crippen molar-refractivity contribution in [2.45, 2.75) is 12.5 Å². The van der Waals surface area contributed by atoms with Gasteiger partial charge in [-0.15, -0.1) is 0 Å². The number of nitrogens with one attached hydrogen (secondary N) is 3. The minimum atomic E-state index is -0.229. The molecule has 0 bridgehead atoms. The zero-order chi connectivity index (χ0) is 14.3. The second-order valence-electron chi connectivity index (χ2n) is 4.97. The molecule has 0 saturated carbocycles. The van der Waals surface area contributed by atoms with Crippen molar-refractivity contribution < 1.29 is 4.79 Å². The third-order valence-corrected chi connectivity index (χ3v) is 3.65. The number of hydrogen-bond acceptors (Lipinski definition) is 5. The highest BCUT2D eigenvalue weighted by molar-refractivity contribution is 6.33. The highest BCUT2D eigenvalue weighted by Gasteiger charge is 2.37. The fraction of sp³-hybridized carbons (Fsp3) is 0.308. The summed E-state index contributed by atoms with van der Waals surface area (Å²) in [6.45, 7) is 0. The molecule has 20 heavy (non-hydrogen) atoms. The Balaban J connectivity index is 1.85. The molecule has 0 spiro atoms. The fourth-order valence-corrected chi connectivity index (χ4v) is 2.47. The molecule has 106 valence electrons. The molecular formula is C13H16ClN5O. The smallest absolute Gasteiger partial charge is 0.254 e. The van der Waals surface area contributed by atoms with E-state index >= 15 is 0 Å². The van der Waals surface area contributed by atoms with Crippen LogP contribution in [-0.4, -0.2) is 37.4 Å². The van der Waals surface area contributed by atoms with Crippen molar-refractivity contribution in [1.29, 1.82) is 0 Å². The van der Waals surface area contributed by atoms with Gasteiger partial charge in [-0.05, 0) is 26.2 Å². The van der Waals surface area contributed by atoms with Gasteiger partial charge in [0.2, 0.25) is 0 Å². The average molecular weight is 294 g/mol. The molecular weight excluding hydrogens is 278 g/mol. The number of anilines is 1. The highest BCUT2D eigenvalue weighted by atomic mass is 35.5. The Morgan fingerprint density at radius 3 is 2.75 bits per heavy atom. The average Bonchev–Trinajstić information content (AvgIpc) is 2.83. The summed E-state index contributed by atoms with van der Waals surface area (Å²) in [5.74, 6) is -0.0884. The van der Waals surface area contributed by atoms with E-state index in [1.807, 2.05) is 43.3 Å². The van der Waals surface area contributed by atoms with Crippen molar-refractivity contribution in [1.82, 2.24) is 21.0 Å². The van der Waals surface area contributed by atoms with Crippen molar-refractivity contribution >= 4 is 23.2 Å². The first kappa shape index (κ1) is 13.4. The number of rotatable bonds is 2. The van der Waals surface area contributed by atoms with Gasteiger partial charge in [-0.25, -0.2) is 5.43 Å². The van der Waals surface area contributed by atoms with E-state index in [1.165, 1.54) is 0 Å². The summed E-state index contributed by atoms with van der Waals surface area (Å²) in [5.41, 5.74) is 4.68. The normalized spacial score (nSPS) is 25.5. The summed E-state index contributed by atoms with van der Waals surface area (Å²) in [7, 11) is 3.79. The maximum absolute atomic E-state index is 12.1. The molecule has 1 amide bonds. The van der Waals surface area contributed by atoms with Crippen LogP contribution < -0.4 is 21.1 Å². The minimum absolute atomic E-state index is 0.0884. The predicted octanol–water partition coefficient (Wildman–Crippen LogP) is 0.439. The van der Waals surface area contributed by atoms with Gasteiger partial charge in [-0.3, -0.25) is 20.0 Å². The quantitative estimate of drug-likeness (QED) is 0.739. The topological polar surface area (TPSA) is 59.6 Å². The van der Waals surface area contributed by atoms with Crippen LogP contribution >= 0.6 is 11.6 Å². The summed E-state index contributed by atoms with van der Waals surface area (Å²) >= 11 is 6.18. The summed E-state index contributed by atoms with van der Waals surface area (Å²) in [6, 6.07) is 7.48. The minimum Gasteiger partial charge on any atom is -0.324 e. The number of nitrogens with zero attached hydrogens (tertiary/aromatic N) is 2. The molecule has 1 saturated heterocycles. The summed E-state index contributed by atoms with van der Waals surface area (Å²) in [4.78, 5) is 14.0. The van der Waals surface area contributed by atoms with E-state index in [0.29, 0.717) is 10.6 Å². The van der Waals surface area contributed by atoms with Gasteiger partial charge in [0.25, 0.3) is 5.91 Å². The Labute approximate surface area is 122 Å². The van der Waals surface area contributed by atoms with E-state index < -0.39 is 0 Å². The van der Waals surface area contributed by atoms with Crippen LogP contribution in [0, 0.1) is 0 Å². The van der Waals surface area contributed by atoms with Gasteiger partial charge < -0.3 is 5.32 Å². The van der Waals surface area contributed by atoms with Gasteiger partial charge in [-0.2, -0.15) is 0 Å². The van der Waals surface area contributed by atoms with Crippen LogP contribution in [0.5, 0.6) is 0 Å². The van der Waals surface area contributed by atoms with Crippen LogP contribution in [0.4, 0.5) is 5.69 Å². The van der Waals surface area contributed by atoms with E-state index in [0.717, 1.165) is 5.69 Å². The third-order valence-electron chi connectivity index (χ3n) is 3.33. The molecule has 6 nitrogen and oxygen atoms in total. The highest BCUT2D eigenvalue weighted by Crippen LogP contribution is 2.28. The van der Waals surface area contributed by atoms with Gasteiger partial charge in [0.1, 0.15) is 12.5 Å². The van der Waals surface area contributed by atoms with Crippen molar-refractivity contribution in [2.75, 3.05) is 19.1 Å². The van der Waals surface area contributed by atoms with Crippen molar-refractivity contribution in [2.24, 2.45) is 0 Å². The number of benzene rings is 1. The lowest BCUT2D eigenvalue weighted by Gasteiger charge is -2.34. The Bertz CT molecular complexity index is 574. The Hall–Kier alpha value is -1.60. The zero-order valence-electron chi connectivity index (χ0n) is 11.2. The standard InChI is InChI=1S/C13H16ClN5O/c1-18(2)13-15-11-8(12(20)16-13)7-19(17-11)10-6-4-3-5-9(10)14/h3-7,11,13,15,17H,1-2H3,(H,16,20). The van der Waals surface area contributed by atoms with Crippen molar-refractivity contribution in [3.63, 3.8) is 0 Å². The second-order valence-corrected chi connectivity index (χ2v) is 5.38. The molecule has 1 aromatic rings. The van der Waals surface area contributed by atoms with E-state index in [-0.39, 0.29) is 18.4 Å². The van der Waals surface area contributed by atoms with E-state index in [1.54, 1.807) is 11.2 Å². The molecule has 0 radical (unpaired) electrons. The fourth-order valence-electron chi connectivity index (χ4n) is 2.25. The van der Waals surface area contributed by atoms with Crippen molar-refractivity contribution in [3.05, 3.63) is 41.1 Å². The van der Waals surface area contributed by atoms with Crippen LogP contribution in [0.15, 0.2) is 36.0 Å². The summed E-state index contributed by atoms with van der Waals surface area (Å²) in [6.07, 6.45) is 1.33. The number of amides is 1. The summed E-state index contributed by atoms with van der Waals surface area (Å²) < 4.78 is 0. The molecule has 1 aromatic carbocycles. The predicted molar refractivity (Wildman–Crippen MR) is 77.7 cm³/mol. The molecule has 2 unspecified atom stereocenters.